The molecule has 0 aromatic heterocycles. The number of phenolic OH excluding ortho intramolecular Hbond substituents is 2. The Labute approximate surface area is 205 Å². The van der Waals surface area contributed by atoms with E-state index in [9.17, 15) is 24.6 Å². The molecule has 2 aromatic carbocycles. The number of aromatic hydroxyl groups is 2. The van der Waals surface area contributed by atoms with Gasteiger partial charge in [-0.3, -0.25) is 14.4 Å². The summed E-state index contributed by atoms with van der Waals surface area (Å²) in [5, 5.41) is 22.0. The highest BCUT2D eigenvalue weighted by Crippen LogP contribution is 2.62. The highest BCUT2D eigenvalue weighted by Gasteiger charge is 2.66. The SMILES string of the molecule is C=C1OC(C)=Cc2cc3c(cc21)O[C@@]1(Oc2c(O)c4c(c(O)c2C1=O)C(=O)C=C(C)C4=O)C1CCC31. The summed E-state index contributed by atoms with van der Waals surface area (Å²) < 4.78 is 18.0. The summed E-state index contributed by atoms with van der Waals surface area (Å²) in [6.45, 7) is 7.26. The van der Waals surface area contributed by atoms with Crippen molar-refractivity contribution in [2.24, 2.45) is 5.92 Å². The van der Waals surface area contributed by atoms with E-state index in [-0.39, 0.29) is 28.4 Å². The molecule has 2 N–H and O–H groups in total. The van der Waals surface area contributed by atoms with Gasteiger partial charge in [-0.2, -0.15) is 0 Å². The Morgan fingerprint density at radius 3 is 2.47 bits per heavy atom. The lowest BCUT2D eigenvalue weighted by atomic mass is 9.63. The zero-order valence-corrected chi connectivity index (χ0v) is 19.4. The molecule has 8 nitrogen and oxygen atoms in total. The molecule has 2 unspecified atom stereocenters. The fraction of sp³-hybridized carbons (Fsp3) is 0.250. The van der Waals surface area contributed by atoms with E-state index in [1.54, 1.807) is 6.07 Å². The minimum absolute atomic E-state index is 0.0618. The largest absolute Gasteiger partial charge is 0.506 e. The first-order valence-corrected chi connectivity index (χ1v) is 11.7. The van der Waals surface area contributed by atoms with Crippen LogP contribution in [-0.2, 0) is 4.74 Å². The first-order chi connectivity index (χ1) is 17.1. The lowest BCUT2D eigenvalue weighted by Crippen LogP contribution is -2.59. The molecule has 0 radical (unpaired) electrons. The Morgan fingerprint density at radius 1 is 0.972 bits per heavy atom. The van der Waals surface area contributed by atoms with E-state index in [1.807, 2.05) is 19.1 Å². The van der Waals surface area contributed by atoms with E-state index in [4.69, 9.17) is 14.2 Å². The van der Waals surface area contributed by atoms with Crippen molar-refractivity contribution in [1.29, 1.82) is 0 Å². The number of hydrogen-bond donors (Lipinski definition) is 2. The number of phenols is 2. The Bertz CT molecular complexity index is 1590. The van der Waals surface area contributed by atoms with Crippen LogP contribution in [0.1, 0.15) is 80.4 Å². The summed E-state index contributed by atoms with van der Waals surface area (Å²) in [5.41, 5.74) is 1.58. The van der Waals surface area contributed by atoms with Gasteiger partial charge in [-0.15, -0.1) is 0 Å². The third kappa shape index (κ3) is 2.31. The first-order valence-electron chi connectivity index (χ1n) is 11.7. The van der Waals surface area contributed by atoms with Gasteiger partial charge in [-0.05, 0) is 68.0 Å². The van der Waals surface area contributed by atoms with Gasteiger partial charge in [-0.25, -0.2) is 0 Å². The number of hydrogen-bond acceptors (Lipinski definition) is 8. The summed E-state index contributed by atoms with van der Waals surface area (Å²) in [5.74, 6) is -4.36. The standard InChI is InChI=1S/C28H20O8/c1-10-6-18(29)20-21(23(10)30)25(32)26-22(24(20)31)27(33)28(36-26)17-5-4-14(17)16-8-13-7-11(2)34-12(3)15(13)9-19(16)35-28/h6-9,14,17,31-32H,3-5H2,1-2H3/t14?,17?,28-/m1/s1. The van der Waals surface area contributed by atoms with Crippen molar-refractivity contribution >= 4 is 29.2 Å². The van der Waals surface area contributed by atoms with Crippen molar-refractivity contribution < 1.29 is 38.8 Å². The maximum Gasteiger partial charge on any atom is 0.319 e. The molecule has 1 spiro atoms. The predicted octanol–water partition coefficient (Wildman–Crippen LogP) is 4.64. The third-order valence-electron chi connectivity index (χ3n) is 7.93. The summed E-state index contributed by atoms with van der Waals surface area (Å²) in [6, 6.07) is 3.77. The van der Waals surface area contributed by atoms with Crippen molar-refractivity contribution in [2.45, 2.75) is 38.4 Å². The average molecular weight is 484 g/mol. The second kappa shape index (κ2) is 6.46. The van der Waals surface area contributed by atoms with E-state index in [1.165, 1.54) is 6.92 Å². The smallest absolute Gasteiger partial charge is 0.319 e. The Morgan fingerprint density at radius 2 is 1.75 bits per heavy atom. The van der Waals surface area contributed by atoms with Gasteiger partial charge in [0.15, 0.2) is 23.1 Å². The van der Waals surface area contributed by atoms with Gasteiger partial charge in [0, 0.05) is 11.1 Å². The maximum atomic E-state index is 13.9. The molecule has 1 saturated carbocycles. The van der Waals surface area contributed by atoms with Crippen molar-refractivity contribution in [3.8, 4) is 23.0 Å². The van der Waals surface area contributed by atoms with Crippen LogP contribution in [-0.4, -0.2) is 33.3 Å². The van der Waals surface area contributed by atoms with E-state index < -0.39 is 46.1 Å². The van der Waals surface area contributed by atoms with Gasteiger partial charge in [0.2, 0.25) is 0 Å². The molecule has 0 amide bonds. The van der Waals surface area contributed by atoms with Gasteiger partial charge >= 0.3 is 5.79 Å². The van der Waals surface area contributed by atoms with Crippen LogP contribution in [0.25, 0.3) is 11.8 Å². The number of carbonyl (C=O) groups is 3. The first kappa shape index (κ1) is 21.0. The highest BCUT2D eigenvalue weighted by molar-refractivity contribution is 6.28. The van der Waals surface area contributed by atoms with Crippen LogP contribution in [0.4, 0.5) is 0 Å². The summed E-state index contributed by atoms with van der Waals surface area (Å²) in [7, 11) is 0. The topological polar surface area (TPSA) is 119 Å². The van der Waals surface area contributed by atoms with Gasteiger partial charge < -0.3 is 24.4 Å². The zero-order valence-electron chi connectivity index (χ0n) is 19.4. The minimum atomic E-state index is -1.84. The van der Waals surface area contributed by atoms with Gasteiger partial charge in [0.05, 0.1) is 17.0 Å². The maximum absolute atomic E-state index is 13.9. The molecule has 2 aliphatic carbocycles. The molecule has 0 bridgehead atoms. The van der Waals surface area contributed by atoms with E-state index >= 15 is 0 Å². The molecular formula is C28H20O8. The third-order valence-corrected chi connectivity index (χ3v) is 7.93. The molecule has 7 rings (SSSR count). The molecule has 2 aromatic rings. The Hall–Kier alpha value is -4.33. The fourth-order valence-electron chi connectivity index (χ4n) is 6.10. The molecule has 1 fully saturated rings. The lowest BCUT2D eigenvalue weighted by molar-refractivity contribution is -0.150. The van der Waals surface area contributed by atoms with Gasteiger partial charge in [0.25, 0.3) is 5.78 Å². The molecular weight excluding hydrogens is 464 g/mol. The highest BCUT2D eigenvalue weighted by atomic mass is 16.7. The minimum Gasteiger partial charge on any atom is -0.506 e. The molecule has 0 saturated heterocycles. The Kier molecular flexibility index (Phi) is 3.76. The van der Waals surface area contributed by atoms with Crippen LogP contribution in [0.5, 0.6) is 23.0 Å². The number of ketones is 3. The molecule has 180 valence electrons. The van der Waals surface area contributed by atoms with Crippen LogP contribution in [0.15, 0.2) is 36.1 Å². The summed E-state index contributed by atoms with van der Waals surface area (Å²) in [6.07, 6.45) is 4.41. The molecule has 3 aliphatic heterocycles. The lowest BCUT2D eigenvalue weighted by Gasteiger charge is -2.50. The number of carbonyl (C=O) groups excluding carboxylic acids is 3. The molecule has 3 heterocycles. The van der Waals surface area contributed by atoms with Crippen molar-refractivity contribution in [3.05, 3.63) is 69.5 Å². The monoisotopic (exact) mass is 484 g/mol. The predicted molar refractivity (Wildman–Crippen MR) is 126 cm³/mol. The number of fused-ring (bicyclic) bond motifs is 7. The van der Waals surface area contributed by atoms with Crippen LogP contribution in [0, 0.1) is 5.92 Å². The normalized spacial score (nSPS) is 26.8. The van der Waals surface area contributed by atoms with Crippen LogP contribution >= 0.6 is 0 Å². The van der Waals surface area contributed by atoms with Crippen LogP contribution in [0.3, 0.4) is 0 Å². The zero-order chi connectivity index (χ0) is 25.3. The number of Topliss-reactive ketones (excluding diaryl/α,β-unsaturated/α-hetero) is 2. The second-order valence-electron chi connectivity index (χ2n) is 9.92. The average Bonchev–Trinajstić information content (AvgIpc) is 3.06. The van der Waals surface area contributed by atoms with Crippen molar-refractivity contribution in [2.75, 3.05) is 0 Å². The second-order valence-corrected chi connectivity index (χ2v) is 9.92. The number of benzene rings is 2. The van der Waals surface area contributed by atoms with Crippen molar-refractivity contribution in [3.63, 3.8) is 0 Å². The molecule has 36 heavy (non-hydrogen) atoms. The Balaban J connectivity index is 1.40. The van der Waals surface area contributed by atoms with Crippen LogP contribution in [0.2, 0.25) is 0 Å². The number of ether oxygens (including phenoxy) is 3. The van der Waals surface area contributed by atoms with E-state index in [2.05, 4.69) is 6.58 Å². The van der Waals surface area contributed by atoms with E-state index in [0.29, 0.717) is 23.5 Å². The number of rotatable bonds is 0. The van der Waals surface area contributed by atoms with Gasteiger partial charge in [0.1, 0.15) is 28.6 Å². The fourth-order valence-corrected chi connectivity index (χ4v) is 6.10. The van der Waals surface area contributed by atoms with E-state index in [0.717, 1.165) is 29.4 Å². The molecule has 3 atom stereocenters. The molecule has 8 heteroatoms. The van der Waals surface area contributed by atoms with Gasteiger partial charge in [-0.1, -0.05) is 6.58 Å². The van der Waals surface area contributed by atoms with Crippen molar-refractivity contribution in [1.82, 2.24) is 0 Å². The summed E-state index contributed by atoms with van der Waals surface area (Å²) in [4.78, 5) is 39.3. The quantitative estimate of drug-likeness (QED) is 0.519. The molecule has 5 aliphatic rings. The van der Waals surface area contributed by atoms with Crippen LogP contribution < -0.4 is 9.47 Å². The number of allylic oxidation sites excluding steroid dienone is 3. The summed E-state index contributed by atoms with van der Waals surface area (Å²) >= 11 is 0.